The summed E-state index contributed by atoms with van der Waals surface area (Å²) in [7, 11) is 0. The number of aliphatic hydroxyl groups excluding tert-OH is 1. The summed E-state index contributed by atoms with van der Waals surface area (Å²) in [5, 5.41) is 13.8. The maximum absolute atomic E-state index is 12.7. The van der Waals surface area contributed by atoms with Crippen LogP contribution in [0.1, 0.15) is 58.5 Å². The number of nitrogens with zero attached hydrogens (tertiary/aromatic N) is 6. The van der Waals surface area contributed by atoms with Crippen LogP contribution in [0.3, 0.4) is 0 Å². The van der Waals surface area contributed by atoms with Crippen LogP contribution in [0.2, 0.25) is 0 Å². The van der Waals surface area contributed by atoms with E-state index < -0.39 is 5.91 Å². The molecule has 0 radical (unpaired) electrons. The first kappa shape index (κ1) is 36.9. The van der Waals surface area contributed by atoms with E-state index in [1.807, 2.05) is 104 Å². The Hall–Kier alpha value is -6.40. The van der Waals surface area contributed by atoms with Crippen molar-refractivity contribution < 1.29 is 19.2 Å². The molecule has 12 heteroatoms. The van der Waals surface area contributed by atoms with Gasteiger partial charge in [0.2, 0.25) is 11.7 Å². The third kappa shape index (κ3) is 8.09. The molecule has 1 aliphatic heterocycles. The number of hydrogen-bond acceptors (Lipinski definition) is 9. The van der Waals surface area contributed by atoms with Gasteiger partial charge in [-0.25, -0.2) is 9.97 Å². The van der Waals surface area contributed by atoms with Crippen LogP contribution in [-0.4, -0.2) is 49.2 Å². The van der Waals surface area contributed by atoms with E-state index >= 15 is 0 Å². The van der Waals surface area contributed by atoms with E-state index in [1.165, 1.54) is 0 Å². The topological polar surface area (TPSA) is 161 Å². The number of anilines is 2. The van der Waals surface area contributed by atoms with Gasteiger partial charge >= 0.3 is 0 Å². The average Bonchev–Trinajstić information content (AvgIpc) is 3.99. The molecule has 8 rings (SSSR count). The van der Waals surface area contributed by atoms with E-state index in [-0.39, 0.29) is 29.9 Å². The van der Waals surface area contributed by atoms with E-state index in [0.717, 1.165) is 81.2 Å². The van der Waals surface area contributed by atoms with Crippen LogP contribution in [-0.2, 0) is 24.5 Å². The molecule has 1 saturated carbocycles. The largest absolute Gasteiger partial charge is 0.392 e. The number of pyridine rings is 1. The highest BCUT2D eigenvalue weighted by Crippen LogP contribution is 2.45. The summed E-state index contributed by atoms with van der Waals surface area (Å²) >= 11 is 0. The highest BCUT2D eigenvalue weighted by molar-refractivity contribution is 5.98. The van der Waals surface area contributed by atoms with Gasteiger partial charge in [-0.3, -0.25) is 14.4 Å². The minimum atomic E-state index is -0.672. The molecule has 3 aromatic carbocycles. The number of aryl methyl sites for hydroxylation is 2. The SMILES string of the molecule is CC(=O)N1c2ccc(-c3cnc(C(N)=O)nc3)cc2N(Cc2ccccc2CO)CC1C1CC1.Cc1noc(C)c1-c1ccc(=O)n(Cc2ccccc2)c1. The van der Waals surface area contributed by atoms with Crippen LogP contribution in [0.5, 0.6) is 0 Å². The van der Waals surface area contributed by atoms with Crippen molar-refractivity contribution in [1.82, 2.24) is 19.7 Å². The van der Waals surface area contributed by atoms with Crippen molar-refractivity contribution in [2.75, 3.05) is 16.3 Å². The summed E-state index contributed by atoms with van der Waals surface area (Å²) in [6, 6.07) is 27.3. The van der Waals surface area contributed by atoms with Gasteiger partial charge in [0.05, 0.1) is 36.3 Å². The lowest BCUT2D eigenvalue weighted by molar-refractivity contribution is -0.117. The van der Waals surface area contributed by atoms with E-state index in [1.54, 1.807) is 30.0 Å². The molecular weight excluding hydrogens is 695 g/mol. The Kier molecular flexibility index (Phi) is 10.7. The monoisotopic (exact) mass is 737 g/mol. The van der Waals surface area contributed by atoms with Crippen LogP contribution in [0.25, 0.3) is 22.3 Å². The maximum atomic E-state index is 12.7. The zero-order valence-electron chi connectivity index (χ0n) is 31.1. The standard InChI is InChI=1S/C26H27N5O3.C17H16N2O2/c1-16(33)31-22-9-8-18(21-11-28-26(25(27)34)29-12-21)10-23(22)30(14-24(31)17-6-7-17)13-19-4-2-3-5-20(19)15-32;1-12-17(13(2)21-18-12)15-8-9-16(20)19(11-15)10-14-6-4-3-5-7-14/h2-5,8-12,17,24,32H,6-7,13-15H2,1H3,(H2,27,34);3-9,11H,10H2,1-2H3. The smallest absolute Gasteiger partial charge is 0.286 e. The number of primary amides is 1. The lowest BCUT2D eigenvalue weighted by Gasteiger charge is -2.44. The second-order valence-corrected chi connectivity index (χ2v) is 14.0. The second-order valence-electron chi connectivity index (χ2n) is 14.0. The summed E-state index contributed by atoms with van der Waals surface area (Å²) in [6.45, 7) is 7.28. The third-order valence-electron chi connectivity index (χ3n) is 10.2. The second kappa shape index (κ2) is 15.9. The molecular formula is C43H43N7O5. The number of benzene rings is 3. The fourth-order valence-electron chi connectivity index (χ4n) is 7.29. The molecule has 0 saturated heterocycles. The molecule has 1 atom stereocenters. The Morgan fingerprint density at radius 3 is 2.18 bits per heavy atom. The number of aromatic nitrogens is 4. The zero-order valence-corrected chi connectivity index (χ0v) is 31.1. The minimum Gasteiger partial charge on any atom is -0.392 e. The van der Waals surface area contributed by atoms with Gasteiger partial charge in [0.1, 0.15) is 5.76 Å². The molecule has 12 nitrogen and oxygen atoms in total. The van der Waals surface area contributed by atoms with Gasteiger partial charge in [-0.2, -0.15) is 0 Å². The number of rotatable bonds is 9. The molecule has 4 heterocycles. The van der Waals surface area contributed by atoms with Gasteiger partial charge in [-0.15, -0.1) is 0 Å². The number of fused-ring (bicyclic) bond motifs is 1. The van der Waals surface area contributed by atoms with Crippen LogP contribution in [0.15, 0.2) is 113 Å². The molecule has 1 unspecified atom stereocenters. The molecule has 2 aliphatic rings. The number of nitrogens with two attached hydrogens (primary N) is 1. The molecule has 3 aromatic heterocycles. The van der Waals surface area contributed by atoms with Crippen LogP contribution < -0.4 is 21.1 Å². The molecule has 280 valence electrons. The summed E-state index contributed by atoms with van der Waals surface area (Å²) in [6.07, 6.45) is 7.29. The van der Waals surface area contributed by atoms with E-state index in [0.29, 0.717) is 19.0 Å². The van der Waals surface area contributed by atoms with E-state index in [4.69, 9.17) is 10.3 Å². The predicted octanol–water partition coefficient (Wildman–Crippen LogP) is 6.05. The fraction of sp³-hybridized carbons (Fsp3) is 0.256. The van der Waals surface area contributed by atoms with Gasteiger partial charge in [0.25, 0.3) is 11.5 Å². The van der Waals surface area contributed by atoms with Crippen molar-refractivity contribution in [1.29, 1.82) is 0 Å². The van der Waals surface area contributed by atoms with Crippen LogP contribution in [0.4, 0.5) is 11.4 Å². The first-order valence-electron chi connectivity index (χ1n) is 18.3. The summed E-state index contributed by atoms with van der Waals surface area (Å²) in [5.41, 5.74) is 14.5. The van der Waals surface area contributed by atoms with Gasteiger partial charge in [0, 0.05) is 61.4 Å². The Morgan fingerprint density at radius 2 is 1.55 bits per heavy atom. The molecule has 6 aromatic rings. The van der Waals surface area contributed by atoms with Gasteiger partial charge in [0.15, 0.2) is 0 Å². The maximum Gasteiger partial charge on any atom is 0.286 e. The van der Waals surface area contributed by atoms with Crippen molar-refractivity contribution in [3.63, 3.8) is 0 Å². The predicted molar refractivity (Wildman–Crippen MR) is 210 cm³/mol. The Bertz CT molecular complexity index is 2370. The first-order valence-corrected chi connectivity index (χ1v) is 18.3. The normalized spacial score (nSPS) is 14.9. The molecule has 2 amide bonds. The lowest BCUT2D eigenvalue weighted by atomic mass is 9.98. The summed E-state index contributed by atoms with van der Waals surface area (Å²) in [4.78, 5) is 48.5. The van der Waals surface area contributed by atoms with E-state index in [2.05, 4.69) is 20.0 Å². The van der Waals surface area contributed by atoms with Crippen LogP contribution >= 0.6 is 0 Å². The van der Waals surface area contributed by atoms with Crippen molar-refractivity contribution in [2.45, 2.75) is 59.4 Å². The van der Waals surface area contributed by atoms with Crippen molar-refractivity contribution in [3.05, 3.63) is 148 Å². The van der Waals surface area contributed by atoms with Crippen LogP contribution in [0, 0.1) is 19.8 Å². The summed E-state index contributed by atoms with van der Waals surface area (Å²) in [5.74, 6) is 0.600. The number of aliphatic hydroxyl groups is 1. The van der Waals surface area contributed by atoms with Gasteiger partial charge in [-0.1, -0.05) is 65.8 Å². The quantitative estimate of drug-likeness (QED) is 0.180. The van der Waals surface area contributed by atoms with Crippen molar-refractivity contribution in [3.8, 4) is 22.3 Å². The molecule has 1 aliphatic carbocycles. The third-order valence-corrected chi connectivity index (χ3v) is 10.2. The number of hydrogen-bond donors (Lipinski definition) is 2. The molecule has 55 heavy (non-hydrogen) atoms. The molecule has 0 bridgehead atoms. The van der Waals surface area contributed by atoms with E-state index in [9.17, 15) is 19.5 Å². The number of carbonyl (C=O) groups is 2. The highest BCUT2D eigenvalue weighted by atomic mass is 16.5. The Labute approximate surface area is 318 Å². The summed E-state index contributed by atoms with van der Waals surface area (Å²) < 4.78 is 6.91. The molecule has 0 spiro atoms. The van der Waals surface area contributed by atoms with Gasteiger partial charge in [-0.05, 0) is 73.1 Å². The zero-order chi connectivity index (χ0) is 38.6. The molecule has 3 N–H and O–H groups in total. The lowest BCUT2D eigenvalue weighted by Crippen LogP contribution is -2.52. The molecule has 1 fully saturated rings. The van der Waals surface area contributed by atoms with Gasteiger partial charge < -0.3 is 29.7 Å². The van der Waals surface area contributed by atoms with Crippen molar-refractivity contribution >= 4 is 23.2 Å². The van der Waals surface area contributed by atoms with Crippen molar-refractivity contribution in [2.24, 2.45) is 11.7 Å². The number of amides is 2. The highest BCUT2D eigenvalue weighted by Gasteiger charge is 2.42. The Morgan fingerprint density at radius 1 is 0.855 bits per heavy atom. The number of carbonyl (C=O) groups excluding carboxylic acids is 2. The fourth-order valence-corrected chi connectivity index (χ4v) is 7.29. The Balaban J connectivity index is 0.000000190. The first-order chi connectivity index (χ1) is 26.6. The minimum absolute atomic E-state index is 0.0191. The average molecular weight is 738 g/mol.